The largest absolute Gasteiger partial charge is 0.382 e. The van der Waals surface area contributed by atoms with E-state index in [0.29, 0.717) is 39.2 Å². The summed E-state index contributed by atoms with van der Waals surface area (Å²) in [6.07, 6.45) is 9.63. The van der Waals surface area contributed by atoms with E-state index in [4.69, 9.17) is 8.37 Å². The van der Waals surface area contributed by atoms with Gasteiger partial charge in [0.25, 0.3) is 0 Å². The number of aromatic amines is 2. The Morgan fingerprint density at radius 1 is 0.630 bits per heavy atom. The zero-order chi connectivity index (χ0) is 51.0. The lowest BCUT2D eigenvalue weighted by Gasteiger charge is -2.14. The van der Waals surface area contributed by atoms with E-state index >= 15 is 0 Å². The van der Waals surface area contributed by atoms with Crippen molar-refractivity contribution in [1.29, 1.82) is 0 Å². The molecule has 374 valence electrons. The molecule has 19 nitrogen and oxygen atoms in total. The van der Waals surface area contributed by atoms with Gasteiger partial charge in [-0.25, -0.2) is 33.3 Å². The fourth-order valence-corrected chi connectivity index (χ4v) is 9.55. The lowest BCUT2D eigenvalue weighted by molar-refractivity contribution is 0.250. The molecule has 73 heavy (non-hydrogen) atoms. The van der Waals surface area contributed by atoms with Crippen LogP contribution in [0, 0.1) is 11.6 Å². The second-order valence-corrected chi connectivity index (χ2v) is 19.6. The van der Waals surface area contributed by atoms with Crippen LogP contribution in [0.2, 0.25) is 0 Å². The minimum absolute atomic E-state index is 0.00210. The highest BCUT2D eigenvalue weighted by molar-refractivity contribution is 7.87. The van der Waals surface area contributed by atoms with Gasteiger partial charge in [0.2, 0.25) is 11.9 Å². The number of imidazole rings is 3. The Labute approximate surface area is 416 Å². The van der Waals surface area contributed by atoms with Crippen LogP contribution in [0.5, 0.6) is 11.5 Å². The van der Waals surface area contributed by atoms with Crippen LogP contribution in [-0.2, 0) is 33.3 Å². The molecule has 4 amide bonds. The molecule has 1 aliphatic rings. The zero-order valence-electron chi connectivity index (χ0n) is 38.4. The van der Waals surface area contributed by atoms with Crippen LogP contribution in [0.1, 0.15) is 36.8 Å². The topological polar surface area (TPSA) is 256 Å². The van der Waals surface area contributed by atoms with E-state index in [1.54, 1.807) is 96.1 Å². The number of nitrogens with one attached hydrogen (secondary N) is 7. The minimum atomic E-state index is -4.09. The van der Waals surface area contributed by atoms with Crippen molar-refractivity contribution in [2.45, 2.75) is 54.6 Å². The van der Waals surface area contributed by atoms with E-state index < -0.39 is 43.9 Å². The van der Waals surface area contributed by atoms with Gasteiger partial charge in [-0.3, -0.25) is 10.6 Å². The summed E-state index contributed by atoms with van der Waals surface area (Å²) in [6, 6.07) is 33.2. The molecule has 0 saturated heterocycles. The predicted octanol–water partition coefficient (Wildman–Crippen LogP) is 9.12. The van der Waals surface area contributed by atoms with Crippen LogP contribution in [-0.4, -0.2) is 64.4 Å². The number of carbonyl (C=O) groups is 2. The monoisotopic (exact) mass is 1030 g/mol. The number of H-pyrrole nitrogens is 2. The van der Waals surface area contributed by atoms with E-state index in [2.05, 4.69) is 51.5 Å². The summed E-state index contributed by atoms with van der Waals surface area (Å²) in [4.78, 5) is 42.7. The molecule has 9 aromatic rings. The fourth-order valence-electron chi connectivity index (χ4n) is 7.71. The third-order valence-corrected chi connectivity index (χ3v) is 13.9. The highest BCUT2D eigenvalue weighted by atomic mass is 32.2. The van der Waals surface area contributed by atoms with Gasteiger partial charge in [-0.15, -0.1) is 0 Å². The van der Waals surface area contributed by atoms with Crippen LogP contribution in [0.15, 0.2) is 162 Å². The Kier molecular flexibility index (Phi) is 14.6. The van der Waals surface area contributed by atoms with Gasteiger partial charge in [-0.2, -0.15) is 16.8 Å². The van der Waals surface area contributed by atoms with Gasteiger partial charge in [0.15, 0.2) is 0 Å². The second kappa shape index (κ2) is 21.7. The maximum atomic E-state index is 13.7. The van der Waals surface area contributed by atoms with Crippen molar-refractivity contribution in [2.24, 2.45) is 0 Å². The van der Waals surface area contributed by atoms with Gasteiger partial charge in [0, 0.05) is 66.2 Å². The normalized spacial score (nSPS) is 12.7. The number of aromatic nitrogens is 6. The molecule has 1 aliphatic carbocycles. The van der Waals surface area contributed by atoms with Crippen LogP contribution in [0.25, 0.3) is 27.8 Å². The first-order chi connectivity index (χ1) is 35.2. The summed E-state index contributed by atoms with van der Waals surface area (Å²) < 4.78 is 90.8. The van der Waals surface area contributed by atoms with E-state index in [-0.39, 0.29) is 46.3 Å². The highest BCUT2D eigenvalue weighted by Crippen LogP contribution is 2.28. The van der Waals surface area contributed by atoms with Crippen LogP contribution >= 0.6 is 0 Å². The number of amides is 4. The first kappa shape index (κ1) is 49.2. The Balaban J connectivity index is 0.000000180. The summed E-state index contributed by atoms with van der Waals surface area (Å²) in [5, 5.41) is 13.6. The van der Waals surface area contributed by atoms with Crippen molar-refractivity contribution < 1.29 is 43.6 Å². The number of rotatable bonds is 15. The lowest BCUT2D eigenvalue weighted by atomic mass is 10.2. The van der Waals surface area contributed by atoms with Crippen molar-refractivity contribution in [1.82, 2.24) is 40.1 Å². The number of fused-ring (bicyclic) bond motifs is 2. The second-order valence-electron chi connectivity index (χ2n) is 16.5. The van der Waals surface area contributed by atoms with Crippen molar-refractivity contribution in [3.63, 3.8) is 0 Å². The summed E-state index contributed by atoms with van der Waals surface area (Å²) >= 11 is 0. The molecule has 0 aliphatic heterocycles. The molecule has 0 atom stereocenters. The number of benzene rings is 6. The van der Waals surface area contributed by atoms with Crippen molar-refractivity contribution in [3.8, 4) is 17.2 Å². The van der Waals surface area contributed by atoms with Gasteiger partial charge in [-0.1, -0.05) is 49.2 Å². The highest BCUT2D eigenvalue weighted by Gasteiger charge is 2.21. The molecule has 0 radical (unpaired) electrons. The van der Waals surface area contributed by atoms with Gasteiger partial charge >= 0.3 is 32.3 Å². The van der Waals surface area contributed by atoms with Gasteiger partial charge < -0.3 is 38.9 Å². The Hall–Kier alpha value is -8.83. The standard InChI is InChI=1S/C26H26FN5O4S.C24H19FN6O4S/c27-22-8-4-1-5-17(22)16-28-26(33)32-25-30-23-14-11-20(15-24(23)31-25)36-37(34,35)21-12-9-19(10-13-21)29-18-6-2-3-7-18;25-20-4-2-1-3-16(20)14-27-24(32)30-23-28-21-10-7-18(13-22(21)29-23)35-36(33,34)19-8-5-17(6-9-19)31-12-11-26-15-31/h1,4-5,8-15,18,29H,2-3,6-7,16H2,(H3,28,30,31,32,33);1-13,15H,14H2,(H3,27,28,29,30,32). The maximum Gasteiger partial charge on any atom is 0.339 e. The van der Waals surface area contributed by atoms with Crippen molar-refractivity contribution in [3.05, 3.63) is 175 Å². The average molecular weight is 1030 g/mol. The third-order valence-electron chi connectivity index (χ3n) is 11.4. The quantitative estimate of drug-likeness (QED) is 0.0475. The number of carbonyl (C=O) groups excluding carboxylic acids is 2. The number of hydrogen-bond acceptors (Lipinski definition) is 12. The van der Waals surface area contributed by atoms with E-state index in [9.17, 15) is 35.2 Å². The van der Waals surface area contributed by atoms with Crippen molar-refractivity contribution in [2.75, 3.05) is 16.0 Å². The molecule has 3 aromatic heterocycles. The smallest absolute Gasteiger partial charge is 0.339 e. The molecule has 1 fully saturated rings. The molecular weight excluding hydrogens is 985 g/mol. The van der Waals surface area contributed by atoms with Gasteiger partial charge in [0.1, 0.15) is 32.9 Å². The third kappa shape index (κ3) is 12.6. The molecule has 7 N–H and O–H groups in total. The van der Waals surface area contributed by atoms with Crippen LogP contribution < -0.4 is 35.0 Å². The average Bonchev–Trinajstić information content (AvgIpc) is 4.23. The van der Waals surface area contributed by atoms with E-state index in [1.807, 2.05) is 0 Å². The number of nitrogens with zero attached hydrogens (tertiary/aromatic N) is 4. The molecule has 23 heteroatoms. The molecule has 0 unspecified atom stereocenters. The number of hydrogen-bond donors (Lipinski definition) is 7. The summed E-state index contributed by atoms with van der Waals surface area (Å²) in [7, 11) is -8.13. The number of anilines is 3. The first-order valence-corrected chi connectivity index (χ1v) is 25.4. The fraction of sp³-hybridized carbons (Fsp3) is 0.140. The summed E-state index contributed by atoms with van der Waals surface area (Å²) in [5.74, 6) is -0.387. The van der Waals surface area contributed by atoms with E-state index in [0.717, 1.165) is 24.2 Å². The molecule has 0 bridgehead atoms. The molecule has 6 aromatic carbocycles. The van der Waals surface area contributed by atoms with Crippen molar-refractivity contribution >= 4 is 71.9 Å². The SMILES string of the molecule is O=C(NCc1ccccc1F)Nc1nc2ccc(OS(=O)(=O)c3ccc(-n4ccnc4)cc3)cc2[nH]1.O=C(NCc1ccccc1F)Nc1nc2ccc(OS(=O)(=O)c3ccc(NC4CCCC4)cc3)cc2[nH]1. The maximum absolute atomic E-state index is 13.7. The molecule has 0 spiro atoms. The molecule has 3 heterocycles. The molecule has 1 saturated carbocycles. The molecule has 10 rings (SSSR count). The van der Waals surface area contributed by atoms with Gasteiger partial charge in [0.05, 0.1) is 28.4 Å². The number of halogens is 2. The van der Waals surface area contributed by atoms with Gasteiger partial charge in [-0.05, 0) is 97.8 Å². The Bertz CT molecular complexity index is 3630. The van der Waals surface area contributed by atoms with Crippen LogP contribution in [0.4, 0.5) is 36.0 Å². The summed E-state index contributed by atoms with van der Waals surface area (Å²) in [5.41, 5.74) is 4.22. The van der Waals surface area contributed by atoms with Crippen LogP contribution in [0.3, 0.4) is 0 Å². The summed E-state index contributed by atoms with van der Waals surface area (Å²) in [6.45, 7) is 0.00406. The Morgan fingerprint density at radius 2 is 1.11 bits per heavy atom. The zero-order valence-corrected chi connectivity index (χ0v) is 40.0. The molecular formula is C50H45F2N11O8S2. The number of urea groups is 2. The minimum Gasteiger partial charge on any atom is -0.382 e. The first-order valence-electron chi connectivity index (χ1n) is 22.6. The predicted molar refractivity (Wildman–Crippen MR) is 268 cm³/mol. The lowest BCUT2D eigenvalue weighted by Crippen LogP contribution is -2.28. The Morgan fingerprint density at radius 3 is 1.58 bits per heavy atom. The van der Waals surface area contributed by atoms with E-state index in [1.165, 1.54) is 73.5 Å².